The Kier molecular flexibility index (Phi) is 5.21. The van der Waals surface area contributed by atoms with Crippen LogP contribution in [0.4, 0.5) is 0 Å². The summed E-state index contributed by atoms with van der Waals surface area (Å²) in [5.74, 6) is 1.03. The molecule has 0 saturated heterocycles. The first-order valence-corrected chi connectivity index (χ1v) is 10.1. The van der Waals surface area contributed by atoms with Gasteiger partial charge >= 0.3 is 0 Å². The number of hydrogen-bond donors (Lipinski definition) is 0. The van der Waals surface area contributed by atoms with Gasteiger partial charge in [0.2, 0.25) is 11.8 Å². The zero-order chi connectivity index (χ0) is 19.5. The van der Waals surface area contributed by atoms with E-state index in [1.807, 2.05) is 48.7 Å². The van der Waals surface area contributed by atoms with Crippen LogP contribution < -0.4 is 14.5 Å². The molecule has 0 spiro atoms. The van der Waals surface area contributed by atoms with E-state index in [4.69, 9.17) is 8.92 Å². The smallest absolute Gasteiger partial charge is 0.266 e. The number of allylic oxidation sites excluding steroid dienone is 4. The Morgan fingerprint density at radius 3 is 2.82 bits per heavy atom. The van der Waals surface area contributed by atoms with Gasteiger partial charge in [-0.3, -0.25) is 4.79 Å². The van der Waals surface area contributed by atoms with Crippen LogP contribution in [0.3, 0.4) is 0 Å². The Balaban J connectivity index is 2.02. The van der Waals surface area contributed by atoms with Crippen LogP contribution in [0, 0.1) is 0 Å². The molecule has 2 heterocycles. The molecule has 0 N–H and O–H groups in total. The fraction of sp³-hybridized carbons (Fsp3) is 0.182. The molecule has 0 bridgehead atoms. The lowest BCUT2D eigenvalue weighted by Crippen LogP contribution is -2.21. The molecule has 5 nitrogen and oxygen atoms in total. The summed E-state index contributed by atoms with van der Waals surface area (Å²) in [6.07, 6.45) is 11.5. The Morgan fingerprint density at radius 1 is 1.18 bits per heavy atom. The minimum Gasteiger partial charge on any atom is -0.481 e. The van der Waals surface area contributed by atoms with E-state index in [0.29, 0.717) is 17.1 Å². The van der Waals surface area contributed by atoms with Crippen LogP contribution >= 0.6 is 12.0 Å². The minimum atomic E-state index is -0.106. The van der Waals surface area contributed by atoms with Crippen molar-refractivity contribution in [1.29, 1.82) is 0 Å². The molecule has 2 aromatic heterocycles. The second-order valence-corrected chi connectivity index (χ2v) is 6.84. The Morgan fingerprint density at radius 2 is 2.07 bits per heavy atom. The standard InChI is InChI=1S/C22H20N2O3S/c1-26-19-13-15(11-12-23-19)18-10-6-7-16-14-20(27-28-2)24(22(25)21(16)18)17-8-4-3-5-9-17/h4,6-14H,3,5H2,1-2H3. The van der Waals surface area contributed by atoms with Crippen LogP contribution in [0.5, 0.6) is 11.8 Å². The van der Waals surface area contributed by atoms with Gasteiger partial charge in [0.15, 0.2) is 0 Å². The number of methoxy groups -OCH3 is 1. The lowest BCUT2D eigenvalue weighted by atomic mass is 10.00. The zero-order valence-corrected chi connectivity index (χ0v) is 16.5. The Hall–Kier alpha value is -2.99. The average molecular weight is 392 g/mol. The summed E-state index contributed by atoms with van der Waals surface area (Å²) < 4.78 is 12.6. The van der Waals surface area contributed by atoms with Crippen molar-refractivity contribution >= 4 is 28.5 Å². The molecule has 0 fully saturated rings. The number of aromatic nitrogens is 2. The topological polar surface area (TPSA) is 53.4 Å². The van der Waals surface area contributed by atoms with Crippen molar-refractivity contribution in [2.75, 3.05) is 13.4 Å². The fourth-order valence-corrected chi connectivity index (χ4v) is 3.72. The van der Waals surface area contributed by atoms with Crippen molar-refractivity contribution in [2.45, 2.75) is 12.8 Å². The third-order valence-corrected chi connectivity index (χ3v) is 5.01. The van der Waals surface area contributed by atoms with Crippen molar-refractivity contribution < 1.29 is 8.92 Å². The monoisotopic (exact) mass is 392 g/mol. The first-order valence-electron chi connectivity index (χ1n) is 9.00. The summed E-state index contributed by atoms with van der Waals surface area (Å²) >= 11 is 1.22. The van der Waals surface area contributed by atoms with Gasteiger partial charge in [0.05, 0.1) is 24.5 Å². The van der Waals surface area contributed by atoms with Crippen molar-refractivity contribution in [2.24, 2.45) is 0 Å². The van der Waals surface area contributed by atoms with E-state index >= 15 is 0 Å². The zero-order valence-electron chi connectivity index (χ0n) is 15.7. The predicted molar refractivity (Wildman–Crippen MR) is 115 cm³/mol. The molecule has 1 aromatic carbocycles. The molecule has 0 aliphatic heterocycles. The van der Waals surface area contributed by atoms with Crippen molar-refractivity contribution in [3.63, 3.8) is 0 Å². The normalized spacial score (nSPS) is 13.4. The number of benzene rings is 1. The highest BCUT2D eigenvalue weighted by atomic mass is 32.2. The summed E-state index contributed by atoms with van der Waals surface area (Å²) in [6.45, 7) is 0. The van der Waals surface area contributed by atoms with Gasteiger partial charge in [0, 0.05) is 30.3 Å². The highest BCUT2D eigenvalue weighted by Crippen LogP contribution is 2.32. The Bertz CT molecular complexity index is 1150. The van der Waals surface area contributed by atoms with Gasteiger partial charge in [-0.05, 0) is 41.5 Å². The highest BCUT2D eigenvalue weighted by Gasteiger charge is 2.17. The van der Waals surface area contributed by atoms with Crippen LogP contribution in [0.25, 0.3) is 27.6 Å². The van der Waals surface area contributed by atoms with Gasteiger partial charge in [0.1, 0.15) is 0 Å². The summed E-state index contributed by atoms with van der Waals surface area (Å²) in [6, 6.07) is 11.5. The molecule has 6 heteroatoms. The van der Waals surface area contributed by atoms with E-state index in [1.165, 1.54) is 12.0 Å². The number of fused-ring (bicyclic) bond motifs is 1. The van der Waals surface area contributed by atoms with Gasteiger partial charge in [-0.2, -0.15) is 0 Å². The molecule has 28 heavy (non-hydrogen) atoms. The first-order chi connectivity index (χ1) is 13.7. The number of pyridine rings is 2. The molecule has 0 radical (unpaired) electrons. The number of hydrogen-bond acceptors (Lipinski definition) is 5. The number of nitrogens with zero attached hydrogens (tertiary/aromatic N) is 2. The molecule has 3 aromatic rings. The van der Waals surface area contributed by atoms with Crippen molar-refractivity contribution in [3.05, 3.63) is 71.2 Å². The summed E-state index contributed by atoms with van der Waals surface area (Å²) in [7, 11) is 1.58. The summed E-state index contributed by atoms with van der Waals surface area (Å²) in [5.41, 5.74) is 2.45. The van der Waals surface area contributed by atoms with Gasteiger partial charge in [-0.1, -0.05) is 30.4 Å². The van der Waals surface area contributed by atoms with E-state index in [9.17, 15) is 4.79 Å². The molecule has 4 rings (SSSR count). The molecule has 0 saturated carbocycles. The van der Waals surface area contributed by atoms with E-state index < -0.39 is 0 Å². The average Bonchev–Trinajstić information content (AvgIpc) is 2.74. The molecule has 1 aliphatic carbocycles. The molecule has 142 valence electrons. The van der Waals surface area contributed by atoms with E-state index in [2.05, 4.69) is 17.1 Å². The van der Waals surface area contributed by atoms with E-state index in [1.54, 1.807) is 17.9 Å². The van der Waals surface area contributed by atoms with Crippen LogP contribution in [0.15, 0.2) is 65.6 Å². The van der Waals surface area contributed by atoms with E-state index in [-0.39, 0.29) is 5.56 Å². The largest absolute Gasteiger partial charge is 0.481 e. The van der Waals surface area contributed by atoms with Crippen molar-refractivity contribution in [1.82, 2.24) is 9.55 Å². The van der Waals surface area contributed by atoms with Crippen LogP contribution in [-0.4, -0.2) is 22.9 Å². The quantitative estimate of drug-likeness (QED) is 0.577. The molecule has 0 unspecified atom stereocenters. The molecule has 1 aliphatic rings. The second kappa shape index (κ2) is 7.94. The fourth-order valence-electron chi connectivity index (χ4n) is 3.42. The lowest BCUT2D eigenvalue weighted by molar-refractivity contribution is 0.398. The molecular formula is C22H20N2O3S. The summed E-state index contributed by atoms with van der Waals surface area (Å²) in [5, 5.41) is 1.48. The SMILES string of the molecule is COc1cc(-c2cccc3cc(OSC)n(C4=CCCC=C4)c(=O)c23)ccn1. The maximum Gasteiger partial charge on any atom is 0.266 e. The molecular weight excluding hydrogens is 372 g/mol. The number of ether oxygens (including phenoxy) is 1. The van der Waals surface area contributed by atoms with Crippen LogP contribution in [-0.2, 0) is 0 Å². The highest BCUT2D eigenvalue weighted by molar-refractivity contribution is 7.94. The first kappa shape index (κ1) is 18.4. The second-order valence-electron chi connectivity index (χ2n) is 6.34. The third-order valence-electron chi connectivity index (χ3n) is 4.67. The van der Waals surface area contributed by atoms with E-state index in [0.717, 1.165) is 35.1 Å². The minimum absolute atomic E-state index is 0.106. The Labute approximate surface area is 167 Å². The predicted octanol–water partition coefficient (Wildman–Crippen LogP) is 4.92. The van der Waals surface area contributed by atoms with Crippen LogP contribution in [0.1, 0.15) is 12.8 Å². The van der Waals surface area contributed by atoms with Gasteiger partial charge < -0.3 is 8.92 Å². The van der Waals surface area contributed by atoms with Gasteiger partial charge in [-0.25, -0.2) is 9.55 Å². The van der Waals surface area contributed by atoms with Crippen LogP contribution in [0.2, 0.25) is 0 Å². The maximum atomic E-state index is 13.6. The van der Waals surface area contributed by atoms with Gasteiger partial charge in [-0.15, -0.1) is 0 Å². The van der Waals surface area contributed by atoms with Crippen molar-refractivity contribution in [3.8, 4) is 22.9 Å². The van der Waals surface area contributed by atoms with Gasteiger partial charge in [0.25, 0.3) is 5.56 Å². The molecule has 0 atom stereocenters. The number of rotatable bonds is 5. The lowest BCUT2D eigenvalue weighted by Gasteiger charge is -2.17. The maximum absolute atomic E-state index is 13.6. The third kappa shape index (κ3) is 3.31. The molecule has 0 amide bonds. The summed E-state index contributed by atoms with van der Waals surface area (Å²) in [4.78, 5) is 17.8.